The number of hydrogen-bond acceptors (Lipinski definition) is 4. The van der Waals surface area contributed by atoms with Crippen LogP contribution in [0.1, 0.15) is 11.3 Å². The highest BCUT2D eigenvalue weighted by Gasteiger charge is 2.31. The van der Waals surface area contributed by atoms with E-state index in [1.165, 1.54) is 10.6 Å². The van der Waals surface area contributed by atoms with E-state index >= 15 is 0 Å². The molecule has 0 aliphatic rings. The van der Waals surface area contributed by atoms with Gasteiger partial charge in [0, 0.05) is 11.3 Å². The summed E-state index contributed by atoms with van der Waals surface area (Å²) in [4.78, 5) is 0. The van der Waals surface area contributed by atoms with Gasteiger partial charge >= 0.3 is 6.18 Å². The lowest BCUT2D eigenvalue weighted by Gasteiger charge is -2.09. The number of nitrogen functional groups attached to an aromatic ring is 1. The summed E-state index contributed by atoms with van der Waals surface area (Å²) < 4.78 is 40.0. The van der Waals surface area contributed by atoms with Crippen molar-refractivity contribution in [2.75, 3.05) is 5.73 Å². The fourth-order valence-corrected chi connectivity index (χ4v) is 2.00. The number of anilines is 1. The average molecular weight is 293 g/mol. The summed E-state index contributed by atoms with van der Waals surface area (Å²) in [6, 6.07) is 6.71. The highest BCUT2D eigenvalue weighted by molar-refractivity contribution is 5.65. The molecule has 0 bridgehead atoms. The molecule has 0 radical (unpaired) electrons. The summed E-state index contributed by atoms with van der Waals surface area (Å²) in [6.07, 6.45) is -4.48. The maximum Gasteiger partial charge on any atom is 0.416 e. The summed E-state index contributed by atoms with van der Waals surface area (Å²) >= 11 is 0. The first-order chi connectivity index (χ1) is 9.84. The molecule has 3 rings (SSSR count). The van der Waals surface area contributed by atoms with Crippen LogP contribution in [0, 0.1) is 6.92 Å². The van der Waals surface area contributed by atoms with Gasteiger partial charge in [-0.05, 0) is 37.3 Å². The Morgan fingerprint density at radius 1 is 1.10 bits per heavy atom. The standard InChI is InChI=1S/C13H10F3N5/c1-7-2-3-11-18-19-12(21(11)20-7)8-4-9(13(14,15)16)6-10(17)5-8/h2-6H,17H2,1H3. The van der Waals surface area contributed by atoms with Crippen LogP contribution in [-0.4, -0.2) is 19.8 Å². The molecular weight excluding hydrogens is 283 g/mol. The molecule has 2 aromatic heterocycles. The Morgan fingerprint density at radius 2 is 1.86 bits per heavy atom. The van der Waals surface area contributed by atoms with Crippen molar-refractivity contribution in [3.8, 4) is 11.4 Å². The van der Waals surface area contributed by atoms with Crippen molar-refractivity contribution >= 4 is 11.3 Å². The summed E-state index contributed by atoms with van der Waals surface area (Å²) in [5, 5.41) is 12.0. The highest BCUT2D eigenvalue weighted by atomic mass is 19.4. The van der Waals surface area contributed by atoms with Crippen LogP contribution in [0.5, 0.6) is 0 Å². The molecule has 0 amide bonds. The van der Waals surface area contributed by atoms with Crippen molar-refractivity contribution in [2.24, 2.45) is 0 Å². The lowest BCUT2D eigenvalue weighted by atomic mass is 10.1. The molecule has 0 fully saturated rings. The number of benzene rings is 1. The molecule has 2 heterocycles. The van der Waals surface area contributed by atoms with Crippen LogP contribution < -0.4 is 5.73 Å². The van der Waals surface area contributed by atoms with Gasteiger partial charge in [-0.15, -0.1) is 10.2 Å². The Hall–Kier alpha value is -2.64. The van der Waals surface area contributed by atoms with Gasteiger partial charge in [-0.25, -0.2) is 0 Å². The largest absolute Gasteiger partial charge is 0.416 e. The average Bonchev–Trinajstić information content (AvgIpc) is 2.79. The predicted octanol–water partition coefficient (Wildman–Crippen LogP) is 2.70. The fourth-order valence-electron chi connectivity index (χ4n) is 2.00. The molecule has 5 nitrogen and oxygen atoms in total. The van der Waals surface area contributed by atoms with Crippen molar-refractivity contribution < 1.29 is 13.2 Å². The van der Waals surface area contributed by atoms with Gasteiger partial charge in [0.25, 0.3) is 0 Å². The lowest BCUT2D eigenvalue weighted by molar-refractivity contribution is -0.137. The van der Waals surface area contributed by atoms with Gasteiger partial charge in [0.15, 0.2) is 11.5 Å². The van der Waals surface area contributed by atoms with E-state index in [-0.39, 0.29) is 17.1 Å². The molecule has 0 saturated heterocycles. The number of rotatable bonds is 1. The molecular formula is C13H10F3N5. The van der Waals surface area contributed by atoms with Crippen LogP contribution in [0.4, 0.5) is 18.9 Å². The van der Waals surface area contributed by atoms with Crippen molar-refractivity contribution in [3.63, 3.8) is 0 Å². The van der Waals surface area contributed by atoms with E-state index in [0.29, 0.717) is 11.3 Å². The Balaban J connectivity index is 2.23. The molecule has 108 valence electrons. The van der Waals surface area contributed by atoms with Crippen molar-refractivity contribution in [1.82, 2.24) is 19.8 Å². The van der Waals surface area contributed by atoms with Gasteiger partial charge in [-0.1, -0.05) is 0 Å². The molecule has 0 aliphatic heterocycles. The fraction of sp³-hybridized carbons (Fsp3) is 0.154. The van der Waals surface area contributed by atoms with E-state index < -0.39 is 11.7 Å². The zero-order chi connectivity index (χ0) is 15.2. The smallest absolute Gasteiger partial charge is 0.399 e. The number of halogens is 3. The molecule has 0 atom stereocenters. The van der Waals surface area contributed by atoms with Gasteiger partial charge in [-0.2, -0.15) is 22.8 Å². The third-order valence-corrected chi connectivity index (χ3v) is 2.94. The summed E-state index contributed by atoms with van der Waals surface area (Å²) in [7, 11) is 0. The molecule has 21 heavy (non-hydrogen) atoms. The minimum absolute atomic E-state index is 0.00391. The van der Waals surface area contributed by atoms with Crippen LogP contribution in [0.15, 0.2) is 30.3 Å². The maximum atomic E-state index is 12.9. The molecule has 3 aromatic rings. The van der Waals surface area contributed by atoms with E-state index in [0.717, 1.165) is 12.1 Å². The Bertz CT molecular complexity index is 822. The topological polar surface area (TPSA) is 69.1 Å². The third kappa shape index (κ3) is 2.39. The van der Waals surface area contributed by atoms with E-state index in [1.54, 1.807) is 19.1 Å². The minimum atomic E-state index is -4.48. The van der Waals surface area contributed by atoms with Crippen LogP contribution >= 0.6 is 0 Å². The number of alkyl halides is 3. The second kappa shape index (κ2) is 4.44. The molecule has 2 N–H and O–H groups in total. The normalized spacial score (nSPS) is 12.0. The maximum absolute atomic E-state index is 12.9. The van der Waals surface area contributed by atoms with Crippen molar-refractivity contribution in [1.29, 1.82) is 0 Å². The molecule has 8 heteroatoms. The predicted molar refractivity (Wildman–Crippen MR) is 70.4 cm³/mol. The number of aromatic nitrogens is 4. The van der Waals surface area contributed by atoms with Gasteiger partial charge in [0.1, 0.15) is 0 Å². The number of aryl methyl sites for hydroxylation is 1. The van der Waals surface area contributed by atoms with Crippen molar-refractivity contribution in [3.05, 3.63) is 41.6 Å². The summed E-state index contributed by atoms with van der Waals surface area (Å²) in [5.74, 6) is 0.214. The molecule has 0 spiro atoms. The molecule has 1 aromatic carbocycles. The van der Waals surface area contributed by atoms with Gasteiger partial charge in [0.05, 0.1) is 11.3 Å². The van der Waals surface area contributed by atoms with Crippen LogP contribution in [0.3, 0.4) is 0 Å². The lowest BCUT2D eigenvalue weighted by Crippen LogP contribution is -2.06. The van der Waals surface area contributed by atoms with Gasteiger partial charge < -0.3 is 5.73 Å². The summed E-state index contributed by atoms with van der Waals surface area (Å²) in [6.45, 7) is 1.77. The Kier molecular flexibility index (Phi) is 2.82. The first-order valence-corrected chi connectivity index (χ1v) is 6.02. The van der Waals surface area contributed by atoms with E-state index in [1.807, 2.05) is 0 Å². The molecule has 0 saturated carbocycles. The van der Waals surface area contributed by atoms with Crippen LogP contribution in [-0.2, 0) is 6.18 Å². The van der Waals surface area contributed by atoms with Gasteiger partial charge in [0.2, 0.25) is 0 Å². The first kappa shape index (κ1) is 13.3. The minimum Gasteiger partial charge on any atom is -0.399 e. The first-order valence-electron chi connectivity index (χ1n) is 6.02. The molecule has 0 aliphatic carbocycles. The third-order valence-electron chi connectivity index (χ3n) is 2.94. The van der Waals surface area contributed by atoms with E-state index in [2.05, 4.69) is 15.3 Å². The number of nitrogens with zero attached hydrogens (tertiary/aromatic N) is 4. The van der Waals surface area contributed by atoms with E-state index in [9.17, 15) is 13.2 Å². The second-order valence-corrected chi connectivity index (χ2v) is 4.61. The number of fused-ring (bicyclic) bond motifs is 1. The second-order valence-electron chi connectivity index (χ2n) is 4.61. The summed E-state index contributed by atoms with van der Waals surface area (Å²) in [5.41, 5.74) is 6.09. The quantitative estimate of drug-likeness (QED) is 0.700. The van der Waals surface area contributed by atoms with Crippen LogP contribution in [0.25, 0.3) is 17.0 Å². The SMILES string of the molecule is Cc1ccc2nnc(-c3cc(N)cc(C(F)(F)F)c3)n2n1. The Morgan fingerprint density at radius 3 is 2.57 bits per heavy atom. The Labute approximate surface area is 117 Å². The zero-order valence-electron chi connectivity index (χ0n) is 10.9. The van der Waals surface area contributed by atoms with Gasteiger partial charge in [-0.3, -0.25) is 0 Å². The number of nitrogens with two attached hydrogens (primary N) is 1. The van der Waals surface area contributed by atoms with Crippen LogP contribution in [0.2, 0.25) is 0 Å². The number of hydrogen-bond donors (Lipinski definition) is 1. The van der Waals surface area contributed by atoms with E-state index in [4.69, 9.17) is 5.73 Å². The monoisotopic (exact) mass is 293 g/mol. The zero-order valence-corrected chi connectivity index (χ0v) is 10.9. The van der Waals surface area contributed by atoms with Crippen molar-refractivity contribution in [2.45, 2.75) is 13.1 Å². The molecule has 0 unspecified atom stereocenters. The highest BCUT2D eigenvalue weighted by Crippen LogP contribution is 2.33.